The predicted molar refractivity (Wildman–Crippen MR) is 90.7 cm³/mol. The molecule has 4 rings (SSSR count). The Labute approximate surface area is 147 Å². The number of cyclic esters (lactones) is 1. The summed E-state index contributed by atoms with van der Waals surface area (Å²) in [7, 11) is 0. The van der Waals surface area contributed by atoms with Gasteiger partial charge in [-0.2, -0.15) is 0 Å². The normalized spacial score (nSPS) is 32.4. The smallest absolute Gasteiger partial charge is 0.342 e. The molecule has 0 unspecified atom stereocenters. The van der Waals surface area contributed by atoms with Crippen molar-refractivity contribution in [1.29, 1.82) is 0 Å². The molecule has 1 heterocycles. The van der Waals surface area contributed by atoms with E-state index >= 15 is 0 Å². The second kappa shape index (κ2) is 5.07. The summed E-state index contributed by atoms with van der Waals surface area (Å²) in [5, 5.41) is 21.1. The molecule has 0 aromatic heterocycles. The Morgan fingerprint density at radius 2 is 1.96 bits per heavy atom. The molecule has 0 saturated heterocycles. The molecule has 0 spiro atoms. The number of ether oxygens (including phenoxy) is 1. The molecule has 0 radical (unpaired) electrons. The van der Waals surface area contributed by atoms with Crippen molar-refractivity contribution in [2.75, 3.05) is 0 Å². The van der Waals surface area contributed by atoms with Crippen LogP contribution in [0.1, 0.15) is 90.2 Å². The largest absolute Gasteiger partial charge is 0.507 e. The molecule has 134 valence electrons. The van der Waals surface area contributed by atoms with Crippen LogP contribution in [-0.4, -0.2) is 22.5 Å². The maximum absolute atomic E-state index is 12.2. The summed E-state index contributed by atoms with van der Waals surface area (Å²) in [6.45, 7) is 6.72. The van der Waals surface area contributed by atoms with E-state index in [1.54, 1.807) is 0 Å². The molecule has 25 heavy (non-hydrogen) atoms. The number of phenolic OH excluding ortho intramolecular Hbond substituents is 1. The van der Waals surface area contributed by atoms with E-state index in [1.165, 1.54) is 0 Å². The number of phenols is 1. The van der Waals surface area contributed by atoms with Gasteiger partial charge in [-0.15, -0.1) is 0 Å². The second-order valence-electron chi connectivity index (χ2n) is 8.63. The zero-order valence-corrected chi connectivity index (χ0v) is 14.9. The Kier molecular flexibility index (Phi) is 3.36. The van der Waals surface area contributed by atoms with Crippen LogP contribution in [0.2, 0.25) is 0 Å². The standard InChI is InChI=1S/C20H24O5/c1-19(2)7-4-8-20(3)12(19)6-5-10-15(20)14-13(11(9-21)16(10)22)17(23)25-18(14)24/h9,12,18,22,24H,4-8H2,1-3H3/t12-,18-,20-/m0/s1. The fourth-order valence-electron chi connectivity index (χ4n) is 5.95. The van der Waals surface area contributed by atoms with Crippen LogP contribution in [0.15, 0.2) is 0 Å². The van der Waals surface area contributed by atoms with Gasteiger partial charge >= 0.3 is 5.97 Å². The van der Waals surface area contributed by atoms with Crippen molar-refractivity contribution in [2.24, 2.45) is 11.3 Å². The van der Waals surface area contributed by atoms with Gasteiger partial charge in [-0.1, -0.05) is 27.2 Å². The molecule has 1 aromatic carbocycles. The van der Waals surface area contributed by atoms with Crippen molar-refractivity contribution in [2.45, 2.75) is 64.6 Å². The molecule has 5 heteroatoms. The summed E-state index contributed by atoms with van der Waals surface area (Å²) in [6.07, 6.45) is 3.81. The third kappa shape index (κ3) is 1.99. The number of benzene rings is 1. The number of aromatic hydroxyl groups is 1. The quantitative estimate of drug-likeness (QED) is 0.602. The SMILES string of the molecule is CC1(C)CCC[C@]2(C)c3c(c(O)c(C=O)c4c3[C@@H](O)OC4=O)CC[C@@H]12. The number of hydrogen-bond acceptors (Lipinski definition) is 5. The highest BCUT2D eigenvalue weighted by Gasteiger charge is 2.54. The molecule has 3 atom stereocenters. The van der Waals surface area contributed by atoms with Crippen LogP contribution >= 0.6 is 0 Å². The Morgan fingerprint density at radius 3 is 2.64 bits per heavy atom. The summed E-state index contributed by atoms with van der Waals surface area (Å²) < 4.78 is 5.02. The van der Waals surface area contributed by atoms with Crippen LogP contribution in [-0.2, 0) is 16.6 Å². The fraction of sp³-hybridized carbons (Fsp3) is 0.600. The van der Waals surface area contributed by atoms with E-state index in [0.29, 0.717) is 29.8 Å². The minimum absolute atomic E-state index is 0.0454. The van der Waals surface area contributed by atoms with Crippen molar-refractivity contribution in [1.82, 2.24) is 0 Å². The number of aldehydes is 1. The lowest BCUT2D eigenvalue weighted by molar-refractivity contribution is -0.0570. The third-order valence-corrected chi connectivity index (χ3v) is 6.92. The van der Waals surface area contributed by atoms with Crippen LogP contribution in [0.3, 0.4) is 0 Å². The lowest BCUT2D eigenvalue weighted by atomic mass is 9.49. The summed E-state index contributed by atoms with van der Waals surface area (Å²) in [4.78, 5) is 23.8. The average molecular weight is 344 g/mol. The topological polar surface area (TPSA) is 83.8 Å². The van der Waals surface area contributed by atoms with Gasteiger partial charge in [0.25, 0.3) is 0 Å². The van der Waals surface area contributed by atoms with Gasteiger partial charge in [-0.25, -0.2) is 4.79 Å². The van der Waals surface area contributed by atoms with Crippen LogP contribution in [0.5, 0.6) is 5.75 Å². The number of aliphatic hydroxyl groups is 1. The molecule has 5 nitrogen and oxygen atoms in total. The Bertz CT molecular complexity index is 794. The Hall–Kier alpha value is -1.88. The summed E-state index contributed by atoms with van der Waals surface area (Å²) in [5.41, 5.74) is 1.84. The van der Waals surface area contributed by atoms with E-state index in [4.69, 9.17) is 4.74 Å². The number of hydrogen-bond donors (Lipinski definition) is 2. The molecule has 2 aliphatic carbocycles. The van der Waals surface area contributed by atoms with Gasteiger partial charge in [0.05, 0.1) is 11.1 Å². The number of carbonyl (C=O) groups is 2. The van der Waals surface area contributed by atoms with Crippen molar-refractivity contribution in [3.8, 4) is 5.75 Å². The molecule has 0 amide bonds. The number of rotatable bonds is 1. The molecule has 2 N–H and O–H groups in total. The highest BCUT2D eigenvalue weighted by molar-refractivity contribution is 6.04. The van der Waals surface area contributed by atoms with E-state index in [0.717, 1.165) is 31.2 Å². The summed E-state index contributed by atoms with van der Waals surface area (Å²) >= 11 is 0. The molecule has 1 aliphatic heterocycles. The van der Waals surface area contributed by atoms with Gasteiger partial charge in [0.1, 0.15) is 5.75 Å². The van der Waals surface area contributed by atoms with Gasteiger partial charge in [0.15, 0.2) is 6.29 Å². The highest BCUT2D eigenvalue weighted by Crippen LogP contribution is 2.60. The van der Waals surface area contributed by atoms with E-state index in [-0.39, 0.29) is 27.7 Å². The van der Waals surface area contributed by atoms with Crippen LogP contribution in [0.4, 0.5) is 0 Å². The maximum atomic E-state index is 12.2. The number of carbonyl (C=O) groups excluding carboxylic acids is 2. The van der Waals surface area contributed by atoms with E-state index in [2.05, 4.69) is 20.8 Å². The fourth-order valence-corrected chi connectivity index (χ4v) is 5.95. The maximum Gasteiger partial charge on any atom is 0.342 e. The van der Waals surface area contributed by atoms with Crippen LogP contribution in [0, 0.1) is 11.3 Å². The van der Waals surface area contributed by atoms with Crippen molar-refractivity contribution >= 4 is 12.3 Å². The van der Waals surface area contributed by atoms with Gasteiger partial charge in [-0.3, -0.25) is 4.79 Å². The second-order valence-corrected chi connectivity index (χ2v) is 8.63. The van der Waals surface area contributed by atoms with Crippen LogP contribution < -0.4 is 0 Å². The van der Waals surface area contributed by atoms with E-state index in [9.17, 15) is 19.8 Å². The zero-order valence-electron chi connectivity index (χ0n) is 14.9. The molecular formula is C20H24O5. The zero-order chi connectivity index (χ0) is 18.1. The first-order valence-electron chi connectivity index (χ1n) is 8.99. The van der Waals surface area contributed by atoms with Gasteiger partial charge < -0.3 is 14.9 Å². The highest BCUT2D eigenvalue weighted by atomic mass is 16.6. The molecule has 1 saturated carbocycles. The third-order valence-electron chi connectivity index (χ3n) is 6.92. The first-order valence-corrected chi connectivity index (χ1v) is 8.99. The number of aliphatic hydroxyl groups excluding tert-OH is 1. The molecule has 1 aromatic rings. The molecule has 1 fully saturated rings. The predicted octanol–water partition coefficient (Wildman–Crippen LogP) is 3.40. The monoisotopic (exact) mass is 344 g/mol. The van der Waals surface area contributed by atoms with Gasteiger partial charge in [-0.05, 0) is 53.6 Å². The Balaban J connectivity index is 2.07. The van der Waals surface area contributed by atoms with E-state index in [1.807, 2.05) is 0 Å². The van der Waals surface area contributed by atoms with Crippen molar-refractivity contribution in [3.63, 3.8) is 0 Å². The number of fused-ring (bicyclic) bond motifs is 5. The van der Waals surface area contributed by atoms with E-state index < -0.39 is 12.3 Å². The Morgan fingerprint density at radius 1 is 1.24 bits per heavy atom. The van der Waals surface area contributed by atoms with Crippen LogP contribution in [0.25, 0.3) is 0 Å². The number of esters is 1. The van der Waals surface area contributed by atoms with Crippen molar-refractivity contribution < 1.29 is 24.5 Å². The van der Waals surface area contributed by atoms with Gasteiger partial charge in [0, 0.05) is 5.56 Å². The van der Waals surface area contributed by atoms with Crippen molar-refractivity contribution in [3.05, 3.63) is 27.8 Å². The summed E-state index contributed by atoms with van der Waals surface area (Å²) in [6, 6.07) is 0. The first-order chi connectivity index (χ1) is 11.7. The van der Waals surface area contributed by atoms with Gasteiger partial charge in [0.2, 0.25) is 6.29 Å². The average Bonchev–Trinajstić information content (AvgIpc) is 2.81. The summed E-state index contributed by atoms with van der Waals surface area (Å²) in [5.74, 6) is -0.462. The lowest BCUT2D eigenvalue weighted by Crippen LogP contribution is -2.48. The molecular weight excluding hydrogens is 320 g/mol. The lowest BCUT2D eigenvalue weighted by Gasteiger charge is -2.55. The first kappa shape index (κ1) is 16.6. The minimum atomic E-state index is -1.36. The minimum Gasteiger partial charge on any atom is -0.507 e. The molecule has 0 bridgehead atoms. The molecule has 3 aliphatic rings.